The minimum atomic E-state index is -0.618. The van der Waals surface area contributed by atoms with E-state index in [1.54, 1.807) is 0 Å². The van der Waals surface area contributed by atoms with E-state index in [0.29, 0.717) is 5.69 Å². The molecule has 1 atom stereocenters. The number of aryl methyl sites for hydroxylation is 1. The Balaban J connectivity index is 0.00000225. The summed E-state index contributed by atoms with van der Waals surface area (Å²) in [5.41, 5.74) is 1.71. The molecule has 4 nitrogen and oxygen atoms in total. The third kappa shape index (κ3) is 5.51. The van der Waals surface area contributed by atoms with E-state index in [9.17, 15) is 9.18 Å². The SMILES string of the molecule is Cl.O=C(Nc1ccc(CCC2CCCNC2)cc1)c1ncccc1F. The van der Waals surface area contributed by atoms with Gasteiger partial charge in [0.25, 0.3) is 5.91 Å². The van der Waals surface area contributed by atoms with Gasteiger partial charge in [-0.15, -0.1) is 12.4 Å². The zero-order valence-corrected chi connectivity index (χ0v) is 14.8. The molecule has 0 aliphatic carbocycles. The van der Waals surface area contributed by atoms with Crippen molar-refractivity contribution in [1.82, 2.24) is 10.3 Å². The number of nitrogens with zero attached hydrogens (tertiary/aromatic N) is 1. The number of hydrogen-bond acceptors (Lipinski definition) is 3. The molecule has 1 unspecified atom stereocenters. The summed E-state index contributed by atoms with van der Waals surface area (Å²) in [7, 11) is 0. The molecule has 0 bridgehead atoms. The van der Waals surface area contributed by atoms with E-state index in [4.69, 9.17) is 0 Å². The molecule has 134 valence electrons. The van der Waals surface area contributed by atoms with Crippen LogP contribution in [0, 0.1) is 11.7 Å². The normalized spacial score (nSPS) is 16.8. The summed E-state index contributed by atoms with van der Waals surface area (Å²) in [6, 6.07) is 10.4. The molecule has 25 heavy (non-hydrogen) atoms. The van der Waals surface area contributed by atoms with Crippen molar-refractivity contribution < 1.29 is 9.18 Å². The maximum absolute atomic E-state index is 13.6. The summed E-state index contributed by atoms with van der Waals surface area (Å²) in [5.74, 6) is -0.396. The monoisotopic (exact) mass is 363 g/mol. The van der Waals surface area contributed by atoms with E-state index in [1.807, 2.05) is 24.3 Å². The molecule has 2 N–H and O–H groups in total. The Morgan fingerprint density at radius 2 is 2.08 bits per heavy atom. The van der Waals surface area contributed by atoms with Crippen molar-refractivity contribution in [3.63, 3.8) is 0 Å². The van der Waals surface area contributed by atoms with Crippen molar-refractivity contribution in [2.45, 2.75) is 25.7 Å². The molecule has 1 amide bonds. The van der Waals surface area contributed by atoms with Crippen LogP contribution in [0.4, 0.5) is 10.1 Å². The fraction of sp³-hybridized carbons (Fsp3) is 0.368. The van der Waals surface area contributed by atoms with E-state index in [2.05, 4.69) is 15.6 Å². The maximum Gasteiger partial charge on any atom is 0.277 e. The molecule has 2 heterocycles. The number of carbonyl (C=O) groups excluding carboxylic acids is 1. The standard InChI is InChI=1S/C19H22FN3O.ClH/c20-17-4-2-12-22-18(17)19(24)23-16-9-7-14(8-10-16)5-6-15-3-1-11-21-13-15;/h2,4,7-10,12,15,21H,1,3,5-6,11,13H2,(H,23,24);1H. The Labute approximate surface area is 153 Å². The second-order valence-corrected chi connectivity index (χ2v) is 6.24. The highest BCUT2D eigenvalue weighted by atomic mass is 35.5. The Hall–Kier alpha value is -1.98. The first-order valence-electron chi connectivity index (χ1n) is 8.44. The van der Waals surface area contributed by atoms with Crippen molar-refractivity contribution in [2.75, 3.05) is 18.4 Å². The number of hydrogen-bond donors (Lipinski definition) is 2. The first-order chi connectivity index (χ1) is 11.7. The Kier molecular flexibility index (Phi) is 7.34. The molecule has 0 radical (unpaired) electrons. The Morgan fingerprint density at radius 3 is 2.76 bits per heavy atom. The summed E-state index contributed by atoms with van der Waals surface area (Å²) in [5, 5.41) is 6.12. The maximum atomic E-state index is 13.6. The van der Waals surface area contributed by atoms with Gasteiger partial charge in [-0.05, 0) is 74.5 Å². The van der Waals surface area contributed by atoms with Crippen LogP contribution in [0.15, 0.2) is 42.6 Å². The molecule has 1 fully saturated rings. The highest BCUT2D eigenvalue weighted by Gasteiger charge is 2.14. The van der Waals surface area contributed by atoms with Gasteiger partial charge in [-0.1, -0.05) is 12.1 Å². The van der Waals surface area contributed by atoms with Crippen molar-refractivity contribution in [1.29, 1.82) is 0 Å². The van der Waals surface area contributed by atoms with Gasteiger partial charge in [-0.3, -0.25) is 4.79 Å². The predicted molar refractivity (Wildman–Crippen MR) is 99.8 cm³/mol. The predicted octanol–water partition coefficient (Wildman–Crippen LogP) is 3.83. The van der Waals surface area contributed by atoms with Crippen molar-refractivity contribution in [3.8, 4) is 0 Å². The quantitative estimate of drug-likeness (QED) is 0.848. The summed E-state index contributed by atoms with van der Waals surface area (Å²) >= 11 is 0. The molecule has 3 rings (SSSR count). The zero-order valence-electron chi connectivity index (χ0n) is 14.0. The van der Waals surface area contributed by atoms with E-state index < -0.39 is 11.7 Å². The van der Waals surface area contributed by atoms with E-state index in [0.717, 1.165) is 25.4 Å². The van der Waals surface area contributed by atoms with Crippen LogP contribution in [0.1, 0.15) is 35.3 Å². The topological polar surface area (TPSA) is 54.0 Å². The van der Waals surface area contributed by atoms with E-state index in [1.165, 1.54) is 43.2 Å². The number of benzene rings is 1. The third-order valence-corrected chi connectivity index (χ3v) is 4.43. The summed E-state index contributed by atoms with van der Waals surface area (Å²) in [6.07, 6.45) is 6.19. The average Bonchev–Trinajstić information content (AvgIpc) is 2.62. The van der Waals surface area contributed by atoms with E-state index >= 15 is 0 Å². The molecular weight excluding hydrogens is 341 g/mol. The number of halogens is 2. The molecule has 1 aliphatic rings. The van der Waals surface area contributed by atoms with Gasteiger partial charge in [0.2, 0.25) is 0 Å². The Bertz CT molecular complexity index is 687. The molecule has 0 spiro atoms. The lowest BCUT2D eigenvalue weighted by molar-refractivity contribution is 0.101. The molecule has 1 aliphatic heterocycles. The first-order valence-corrected chi connectivity index (χ1v) is 8.44. The number of rotatable bonds is 5. The number of nitrogens with one attached hydrogen (secondary N) is 2. The number of amides is 1. The molecule has 1 saturated heterocycles. The molecule has 1 aromatic carbocycles. The van der Waals surface area contributed by atoms with Crippen molar-refractivity contribution >= 4 is 24.0 Å². The number of pyridine rings is 1. The van der Waals surface area contributed by atoms with Crippen molar-refractivity contribution in [3.05, 3.63) is 59.7 Å². The highest BCUT2D eigenvalue weighted by Crippen LogP contribution is 2.18. The fourth-order valence-corrected chi connectivity index (χ4v) is 3.04. The third-order valence-electron chi connectivity index (χ3n) is 4.43. The van der Waals surface area contributed by atoms with Crippen LogP contribution < -0.4 is 10.6 Å². The second kappa shape index (κ2) is 9.49. The highest BCUT2D eigenvalue weighted by molar-refractivity contribution is 6.02. The molecular formula is C19H23ClFN3O. The van der Waals surface area contributed by atoms with Crippen LogP contribution in [0.25, 0.3) is 0 Å². The van der Waals surface area contributed by atoms with Crippen LogP contribution in [0.5, 0.6) is 0 Å². The second-order valence-electron chi connectivity index (χ2n) is 6.24. The van der Waals surface area contributed by atoms with Crippen LogP contribution in [0.3, 0.4) is 0 Å². The van der Waals surface area contributed by atoms with Gasteiger partial charge in [0.1, 0.15) is 0 Å². The average molecular weight is 364 g/mol. The fourth-order valence-electron chi connectivity index (χ4n) is 3.04. The number of piperidine rings is 1. The van der Waals surface area contributed by atoms with Crippen LogP contribution in [0.2, 0.25) is 0 Å². The first kappa shape index (κ1) is 19.3. The molecule has 1 aromatic heterocycles. The van der Waals surface area contributed by atoms with Gasteiger partial charge >= 0.3 is 0 Å². The lowest BCUT2D eigenvalue weighted by atomic mass is 9.93. The van der Waals surface area contributed by atoms with Gasteiger partial charge in [0.15, 0.2) is 11.5 Å². The summed E-state index contributed by atoms with van der Waals surface area (Å²) in [4.78, 5) is 15.8. The number of anilines is 1. The van der Waals surface area contributed by atoms with Crippen LogP contribution in [-0.2, 0) is 6.42 Å². The van der Waals surface area contributed by atoms with E-state index in [-0.39, 0.29) is 18.1 Å². The lowest BCUT2D eigenvalue weighted by Gasteiger charge is -2.22. The summed E-state index contributed by atoms with van der Waals surface area (Å²) in [6.45, 7) is 2.26. The minimum Gasteiger partial charge on any atom is -0.321 e. The smallest absolute Gasteiger partial charge is 0.277 e. The lowest BCUT2D eigenvalue weighted by Crippen LogP contribution is -2.29. The number of carbonyl (C=O) groups is 1. The Morgan fingerprint density at radius 1 is 1.28 bits per heavy atom. The molecule has 2 aromatic rings. The largest absolute Gasteiger partial charge is 0.321 e. The molecule has 6 heteroatoms. The molecule has 0 saturated carbocycles. The number of aromatic nitrogens is 1. The summed E-state index contributed by atoms with van der Waals surface area (Å²) < 4.78 is 13.6. The van der Waals surface area contributed by atoms with Gasteiger partial charge in [0.05, 0.1) is 0 Å². The van der Waals surface area contributed by atoms with Gasteiger partial charge in [-0.25, -0.2) is 9.37 Å². The van der Waals surface area contributed by atoms with Gasteiger partial charge < -0.3 is 10.6 Å². The van der Waals surface area contributed by atoms with Crippen LogP contribution >= 0.6 is 12.4 Å². The minimum absolute atomic E-state index is 0. The van der Waals surface area contributed by atoms with Gasteiger partial charge in [0, 0.05) is 11.9 Å². The zero-order chi connectivity index (χ0) is 16.8. The van der Waals surface area contributed by atoms with Gasteiger partial charge in [-0.2, -0.15) is 0 Å². The van der Waals surface area contributed by atoms with Crippen LogP contribution in [-0.4, -0.2) is 24.0 Å². The van der Waals surface area contributed by atoms with Crippen molar-refractivity contribution in [2.24, 2.45) is 5.92 Å².